The zero-order chi connectivity index (χ0) is 20.1. The maximum absolute atomic E-state index is 12.6. The van der Waals surface area contributed by atoms with Gasteiger partial charge >= 0.3 is 0 Å². The first-order valence-electron chi connectivity index (χ1n) is 9.14. The van der Waals surface area contributed by atoms with Crippen molar-refractivity contribution in [3.05, 3.63) is 58.1 Å². The number of para-hydroxylation sites is 1. The van der Waals surface area contributed by atoms with E-state index in [9.17, 15) is 9.59 Å². The standard InChI is InChI=1S/C22H27ClN2O2/c1-14(2)19-8-6-7-15(3)22(19)24-21(27)11-12-25(17(5)26)20-10-9-18(23)13-16(20)4/h6-10,13-14H,11-12H2,1-5H3,(H,24,27). The Balaban J connectivity index is 2.13. The van der Waals surface area contributed by atoms with Gasteiger partial charge in [0.1, 0.15) is 0 Å². The van der Waals surface area contributed by atoms with Gasteiger partial charge in [-0.1, -0.05) is 43.6 Å². The van der Waals surface area contributed by atoms with Crippen LogP contribution in [-0.2, 0) is 9.59 Å². The van der Waals surface area contributed by atoms with E-state index in [0.717, 1.165) is 28.1 Å². The van der Waals surface area contributed by atoms with Crippen molar-refractivity contribution < 1.29 is 9.59 Å². The molecule has 0 aromatic heterocycles. The number of halogens is 1. The third kappa shape index (κ3) is 5.33. The summed E-state index contributed by atoms with van der Waals surface area (Å²) in [5.41, 5.74) is 4.69. The lowest BCUT2D eigenvalue weighted by Gasteiger charge is -2.23. The molecule has 1 N–H and O–H groups in total. The highest BCUT2D eigenvalue weighted by Gasteiger charge is 2.17. The van der Waals surface area contributed by atoms with Gasteiger partial charge in [-0.2, -0.15) is 0 Å². The summed E-state index contributed by atoms with van der Waals surface area (Å²) >= 11 is 6.01. The van der Waals surface area contributed by atoms with Crippen molar-refractivity contribution in [1.29, 1.82) is 0 Å². The van der Waals surface area contributed by atoms with E-state index in [1.54, 1.807) is 11.0 Å². The number of anilines is 2. The van der Waals surface area contributed by atoms with E-state index in [2.05, 4.69) is 19.2 Å². The topological polar surface area (TPSA) is 49.4 Å². The van der Waals surface area contributed by atoms with Crippen LogP contribution in [0.25, 0.3) is 0 Å². The quantitative estimate of drug-likeness (QED) is 0.716. The normalized spacial score (nSPS) is 10.8. The van der Waals surface area contributed by atoms with E-state index in [-0.39, 0.29) is 18.2 Å². The molecule has 0 aliphatic heterocycles. The van der Waals surface area contributed by atoms with E-state index in [1.807, 2.05) is 44.2 Å². The maximum Gasteiger partial charge on any atom is 0.226 e. The molecule has 0 saturated carbocycles. The molecule has 0 unspecified atom stereocenters. The van der Waals surface area contributed by atoms with Crippen LogP contribution in [0.2, 0.25) is 5.02 Å². The molecule has 0 atom stereocenters. The second-order valence-corrected chi connectivity index (χ2v) is 7.53. The summed E-state index contributed by atoms with van der Waals surface area (Å²) in [5, 5.41) is 3.66. The average molecular weight is 387 g/mol. The van der Waals surface area contributed by atoms with Crippen molar-refractivity contribution in [3.63, 3.8) is 0 Å². The van der Waals surface area contributed by atoms with Gasteiger partial charge in [-0.3, -0.25) is 9.59 Å². The number of aryl methyl sites for hydroxylation is 2. The molecule has 0 bridgehead atoms. The molecule has 5 heteroatoms. The van der Waals surface area contributed by atoms with Gasteiger partial charge in [0.25, 0.3) is 0 Å². The lowest BCUT2D eigenvalue weighted by atomic mass is 9.98. The molecule has 0 fully saturated rings. The van der Waals surface area contributed by atoms with Gasteiger partial charge in [-0.25, -0.2) is 0 Å². The zero-order valence-electron chi connectivity index (χ0n) is 16.6. The molecule has 2 rings (SSSR count). The number of rotatable bonds is 6. The van der Waals surface area contributed by atoms with Crippen LogP contribution in [0.4, 0.5) is 11.4 Å². The summed E-state index contributed by atoms with van der Waals surface area (Å²) in [6.45, 7) is 9.91. The molecule has 0 aliphatic carbocycles. The maximum atomic E-state index is 12.6. The Morgan fingerprint density at radius 2 is 1.81 bits per heavy atom. The van der Waals surface area contributed by atoms with E-state index >= 15 is 0 Å². The second kappa shape index (κ2) is 9.05. The summed E-state index contributed by atoms with van der Waals surface area (Å²) in [5.74, 6) is 0.0988. The van der Waals surface area contributed by atoms with Crippen molar-refractivity contribution in [1.82, 2.24) is 0 Å². The molecule has 2 amide bonds. The smallest absolute Gasteiger partial charge is 0.226 e. The van der Waals surface area contributed by atoms with Gasteiger partial charge in [0.2, 0.25) is 11.8 Å². The van der Waals surface area contributed by atoms with Crippen molar-refractivity contribution in [2.24, 2.45) is 0 Å². The summed E-state index contributed by atoms with van der Waals surface area (Å²) in [4.78, 5) is 26.3. The minimum atomic E-state index is -0.107. The lowest BCUT2D eigenvalue weighted by molar-refractivity contribution is -0.117. The van der Waals surface area contributed by atoms with Crippen molar-refractivity contribution in [2.45, 2.75) is 47.0 Å². The van der Waals surface area contributed by atoms with Gasteiger partial charge in [-0.15, -0.1) is 0 Å². The lowest BCUT2D eigenvalue weighted by Crippen LogP contribution is -2.32. The number of carbonyl (C=O) groups excluding carboxylic acids is 2. The highest BCUT2D eigenvalue weighted by Crippen LogP contribution is 2.28. The third-order valence-electron chi connectivity index (χ3n) is 4.58. The number of benzene rings is 2. The number of nitrogens with zero attached hydrogens (tertiary/aromatic N) is 1. The zero-order valence-corrected chi connectivity index (χ0v) is 17.4. The first kappa shape index (κ1) is 21.0. The Hall–Kier alpha value is -2.33. The van der Waals surface area contributed by atoms with E-state index in [0.29, 0.717) is 17.5 Å². The number of nitrogens with one attached hydrogen (secondary N) is 1. The first-order chi connectivity index (χ1) is 12.7. The van der Waals surface area contributed by atoms with E-state index in [1.165, 1.54) is 6.92 Å². The molecule has 2 aromatic carbocycles. The Bertz CT molecular complexity index is 846. The number of carbonyl (C=O) groups is 2. The summed E-state index contributed by atoms with van der Waals surface area (Å²) in [7, 11) is 0. The highest BCUT2D eigenvalue weighted by atomic mass is 35.5. The molecule has 0 radical (unpaired) electrons. The summed E-state index contributed by atoms with van der Waals surface area (Å²) < 4.78 is 0. The van der Waals surface area contributed by atoms with Crippen LogP contribution in [0.1, 0.15) is 49.8 Å². The third-order valence-corrected chi connectivity index (χ3v) is 4.82. The number of hydrogen-bond acceptors (Lipinski definition) is 2. The SMILES string of the molecule is CC(=O)N(CCC(=O)Nc1c(C)cccc1C(C)C)c1ccc(Cl)cc1C. The van der Waals surface area contributed by atoms with Crippen molar-refractivity contribution >= 4 is 34.8 Å². The first-order valence-corrected chi connectivity index (χ1v) is 9.52. The van der Waals surface area contributed by atoms with Crippen LogP contribution in [0.3, 0.4) is 0 Å². The molecule has 0 spiro atoms. The molecule has 2 aromatic rings. The Morgan fingerprint density at radius 1 is 1.11 bits per heavy atom. The Morgan fingerprint density at radius 3 is 2.41 bits per heavy atom. The largest absolute Gasteiger partial charge is 0.326 e. The fourth-order valence-electron chi connectivity index (χ4n) is 3.13. The minimum absolute atomic E-state index is 0.105. The van der Waals surface area contributed by atoms with Crippen LogP contribution >= 0.6 is 11.6 Å². The van der Waals surface area contributed by atoms with Crippen LogP contribution < -0.4 is 10.2 Å². The van der Waals surface area contributed by atoms with Gasteiger partial charge in [-0.05, 0) is 54.7 Å². The Labute approximate surface area is 166 Å². The number of amides is 2. The van der Waals surface area contributed by atoms with Crippen LogP contribution in [0, 0.1) is 13.8 Å². The summed E-state index contributed by atoms with van der Waals surface area (Å²) in [6.07, 6.45) is 0.216. The van der Waals surface area contributed by atoms with Gasteiger partial charge in [0, 0.05) is 36.3 Å². The minimum Gasteiger partial charge on any atom is -0.326 e. The molecular formula is C22H27ClN2O2. The average Bonchev–Trinajstić information content (AvgIpc) is 2.58. The molecule has 0 aliphatic rings. The fraction of sp³-hybridized carbons (Fsp3) is 0.364. The van der Waals surface area contributed by atoms with Gasteiger partial charge in [0.05, 0.1) is 0 Å². The number of hydrogen-bond donors (Lipinski definition) is 1. The molecule has 144 valence electrons. The Kier molecular flexibility index (Phi) is 7.03. The van der Waals surface area contributed by atoms with Crippen molar-refractivity contribution in [2.75, 3.05) is 16.8 Å². The summed E-state index contributed by atoms with van der Waals surface area (Å²) in [6, 6.07) is 11.4. The monoisotopic (exact) mass is 386 g/mol. The fourth-order valence-corrected chi connectivity index (χ4v) is 3.35. The molecule has 0 heterocycles. The predicted octanol–water partition coefficient (Wildman–Crippen LogP) is 5.46. The second-order valence-electron chi connectivity index (χ2n) is 7.09. The molecule has 4 nitrogen and oxygen atoms in total. The van der Waals surface area contributed by atoms with E-state index < -0.39 is 0 Å². The van der Waals surface area contributed by atoms with Crippen LogP contribution in [0.15, 0.2) is 36.4 Å². The van der Waals surface area contributed by atoms with E-state index in [4.69, 9.17) is 11.6 Å². The predicted molar refractivity (Wildman–Crippen MR) is 113 cm³/mol. The van der Waals surface area contributed by atoms with Crippen molar-refractivity contribution in [3.8, 4) is 0 Å². The molecule has 0 saturated heterocycles. The molecular weight excluding hydrogens is 360 g/mol. The van der Waals surface area contributed by atoms with Gasteiger partial charge in [0.15, 0.2) is 0 Å². The highest BCUT2D eigenvalue weighted by molar-refractivity contribution is 6.30. The molecule has 27 heavy (non-hydrogen) atoms. The van der Waals surface area contributed by atoms with Crippen LogP contribution in [0.5, 0.6) is 0 Å². The van der Waals surface area contributed by atoms with Crippen LogP contribution in [-0.4, -0.2) is 18.4 Å². The van der Waals surface area contributed by atoms with Gasteiger partial charge < -0.3 is 10.2 Å².